The zero-order chi connectivity index (χ0) is 16.1. The molecule has 0 amide bonds. The number of benzene rings is 1. The molecule has 0 atom stereocenters. The van der Waals surface area contributed by atoms with Crippen molar-refractivity contribution in [2.75, 3.05) is 27.2 Å². The number of nitrogens with two attached hydrogens (primary N) is 2. The van der Waals surface area contributed by atoms with E-state index in [1.807, 2.05) is 0 Å². The molecule has 1 fully saturated rings. The van der Waals surface area contributed by atoms with E-state index in [0.717, 1.165) is 49.2 Å². The van der Waals surface area contributed by atoms with E-state index in [1.54, 1.807) is 19.2 Å². The number of rotatable bonds is 4. The van der Waals surface area contributed by atoms with Crippen molar-refractivity contribution in [2.24, 2.45) is 22.4 Å². The third-order valence-corrected chi connectivity index (χ3v) is 4.30. The molecule has 1 aromatic carbocycles. The average molecular weight is 304 g/mol. The molecule has 0 unspecified atom stereocenters. The van der Waals surface area contributed by atoms with Crippen molar-refractivity contribution in [1.82, 2.24) is 4.90 Å². The van der Waals surface area contributed by atoms with Gasteiger partial charge < -0.3 is 16.4 Å². The number of nitrogens with zero attached hydrogens (tertiary/aromatic N) is 2. The number of halogens is 1. The van der Waals surface area contributed by atoms with Crippen LogP contribution in [-0.2, 0) is 0 Å². The molecule has 2 rings (SSSR count). The summed E-state index contributed by atoms with van der Waals surface area (Å²) in [5.74, 6) is 0.692. The highest BCUT2D eigenvalue weighted by Crippen LogP contribution is 2.26. The highest BCUT2D eigenvalue weighted by Gasteiger charge is 2.20. The summed E-state index contributed by atoms with van der Waals surface area (Å²) in [7, 11) is 3.78. The summed E-state index contributed by atoms with van der Waals surface area (Å²) < 4.78 is 13.1. The molecule has 1 aliphatic heterocycles. The van der Waals surface area contributed by atoms with Gasteiger partial charge in [-0.25, -0.2) is 4.39 Å². The van der Waals surface area contributed by atoms with Gasteiger partial charge in [0.05, 0.1) is 0 Å². The topological polar surface area (TPSA) is 67.6 Å². The van der Waals surface area contributed by atoms with Gasteiger partial charge in [-0.15, -0.1) is 0 Å². The van der Waals surface area contributed by atoms with Crippen LogP contribution in [0.15, 0.2) is 35.0 Å². The summed E-state index contributed by atoms with van der Waals surface area (Å²) >= 11 is 0. The fraction of sp³-hybridized carbons (Fsp3) is 0.471. The lowest BCUT2D eigenvalue weighted by Crippen LogP contribution is -2.31. The molecule has 1 heterocycles. The molecule has 120 valence electrons. The Hall–Kier alpha value is -1.88. The Morgan fingerprint density at radius 1 is 1.23 bits per heavy atom. The Balaban J connectivity index is 2.24. The second kappa shape index (κ2) is 7.40. The molecule has 5 heteroatoms. The van der Waals surface area contributed by atoms with Crippen LogP contribution < -0.4 is 11.5 Å². The predicted molar refractivity (Wildman–Crippen MR) is 89.9 cm³/mol. The highest BCUT2D eigenvalue weighted by molar-refractivity contribution is 6.22. The van der Waals surface area contributed by atoms with Crippen LogP contribution in [0.4, 0.5) is 4.39 Å². The maximum absolute atomic E-state index is 13.1. The van der Waals surface area contributed by atoms with Crippen molar-refractivity contribution in [3.63, 3.8) is 0 Å². The van der Waals surface area contributed by atoms with Gasteiger partial charge in [0.25, 0.3) is 0 Å². The van der Waals surface area contributed by atoms with Crippen molar-refractivity contribution >= 4 is 11.4 Å². The van der Waals surface area contributed by atoms with E-state index in [2.05, 4.69) is 16.9 Å². The number of allylic oxidation sites excluding steroid dienone is 1. The number of likely N-dealkylation sites (tertiary alicyclic amines) is 1. The van der Waals surface area contributed by atoms with Crippen molar-refractivity contribution in [2.45, 2.75) is 19.3 Å². The van der Waals surface area contributed by atoms with Crippen LogP contribution in [0.1, 0.15) is 24.8 Å². The lowest BCUT2D eigenvalue weighted by Gasteiger charge is -2.29. The highest BCUT2D eigenvalue weighted by atomic mass is 19.1. The Morgan fingerprint density at radius 3 is 2.36 bits per heavy atom. The van der Waals surface area contributed by atoms with Gasteiger partial charge in [0.2, 0.25) is 0 Å². The lowest BCUT2D eigenvalue weighted by molar-refractivity contribution is 0.218. The Kier molecular flexibility index (Phi) is 5.55. The average Bonchev–Trinajstić information content (AvgIpc) is 2.51. The van der Waals surface area contributed by atoms with Gasteiger partial charge in [0, 0.05) is 18.3 Å². The van der Waals surface area contributed by atoms with Crippen molar-refractivity contribution in [3.8, 4) is 0 Å². The zero-order valence-corrected chi connectivity index (χ0v) is 13.3. The number of hydrogen-bond acceptors (Lipinski definition) is 3. The first-order valence-electron chi connectivity index (χ1n) is 7.67. The van der Waals surface area contributed by atoms with Gasteiger partial charge in [-0.1, -0.05) is 12.1 Å². The van der Waals surface area contributed by atoms with Crippen LogP contribution in [0.3, 0.4) is 0 Å². The van der Waals surface area contributed by atoms with E-state index in [0.29, 0.717) is 11.8 Å². The molecule has 0 aliphatic carbocycles. The maximum atomic E-state index is 13.1. The first-order valence-corrected chi connectivity index (χ1v) is 7.67. The van der Waals surface area contributed by atoms with Crippen LogP contribution in [0, 0.1) is 11.7 Å². The van der Waals surface area contributed by atoms with Crippen LogP contribution in [0.25, 0.3) is 5.57 Å². The largest absolute Gasteiger partial charge is 0.401 e. The monoisotopic (exact) mass is 304 g/mol. The third kappa shape index (κ3) is 4.07. The molecule has 22 heavy (non-hydrogen) atoms. The molecule has 1 aromatic rings. The Morgan fingerprint density at radius 2 is 1.82 bits per heavy atom. The fourth-order valence-corrected chi connectivity index (χ4v) is 2.91. The SMILES string of the molecule is CN=C(N)C(=C(N)CC1CCN(C)CC1)c1ccc(F)cc1. The molecule has 0 radical (unpaired) electrons. The van der Waals surface area contributed by atoms with Gasteiger partial charge in [0.15, 0.2) is 0 Å². The summed E-state index contributed by atoms with van der Waals surface area (Å²) in [6.45, 7) is 2.20. The van der Waals surface area contributed by atoms with Crippen molar-refractivity contribution in [1.29, 1.82) is 0 Å². The zero-order valence-electron chi connectivity index (χ0n) is 13.3. The molecule has 1 saturated heterocycles. The predicted octanol–water partition coefficient (Wildman–Crippen LogP) is 2.21. The van der Waals surface area contributed by atoms with Crippen molar-refractivity contribution < 1.29 is 4.39 Å². The summed E-state index contributed by atoms with van der Waals surface area (Å²) in [6.07, 6.45) is 3.07. The molecule has 0 saturated carbocycles. The quantitative estimate of drug-likeness (QED) is 0.662. The second-order valence-corrected chi connectivity index (χ2v) is 5.97. The fourth-order valence-electron chi connectivity index (χ4n) is 2.91. The van der Waals surface area contributed by atoms with Crippen molar-refractivity contribution in [3.05, 3.63) is 41.3 Å². The standard InChI is InChI=1S/C17H25FN4/c1-21-17(20)16(13-3-5-14(18)6-4-13)15(19)11-12-7-9-22(2)10-8-12/h3-6,12H,7-11,19H2,1-2H3,(H2,20,21). The van der Waals surface area contributed by atoms with E-state index in [1.165, 1.54) is 12.1 Å². The smallest absolute Gasteiger partial charge is 0.127 e. The first kappa shape index (κ1) is 16.5. The van der Waals surface area contributed by atoms with Gasteiger partial charge in [-0.05, 0) is 63.0 Å². The van der Waals surface area contributed by atoms with E-state index in [4.69, 9.17) is 11.5 Å². The van der Waals surface area contributed by atoms with Gasteiger partial charge in [0.1, 0.15) is 11.7 Å². The summed E-state index contributed by atoms with van der Waals surface area (Å²) in [5, 5.41) is 0. The molecule has 0 spiro atoms. The molecule has 4 nitrogen and oxygen atoms in total. The third-order valence-electron chi connectivity index (χ3n) is 4.30. The minimum Gasteiger partial charge on any atom is -0.401 e. The normalized spacial score (nSPS) is 19.1. The number of aliphatic imine (C=N–C) groups is 1. The number of piperidine rings is 1. The van der Waals surface area contributed by atoms with Crippen LogP contribution in [0.2, 0.25) is 0 Å². The molecule has 4 N–H and O–H groups in total. The molecule has 0 aromatic heterocycles. The first-order chi connectivity index (χ1) is 10.5. The van der Waals surface area contributed by atoms with Crippen LogP contribution >= 0.6 is 0 Å². The van der Waals surface area contributed by atoms with Crippen LogP contribution in [-0.4, -0.2) is 37.9 Å². The Labute approximate surface area is 131 Å². The second-order valence-electron chi connectivity index (χ2n) is 5.97. The van der Waals surface area contributed by atoms with Gasteiger partial charge in [-0.2, -0.15) is 0 Å². The minimum absolute atomic E-state index is 0.274. The Bertz CT molecular complexity index is 555. The summed E-state index contributed by atoms with van der Waals surface area (Å²) in [5.41, 5.74) is 14.7. The number of hydrogen-bond donors (Lipinski definition) is 2. The maximum Gasteiger partial charge on any atom is 0.127 e. The summed E-state index contributed by atoms with van der Waals surface area (Å²) in [4.78, 5) is 6.40. The minimum atomic E-state index is -0.274. The van der Waals surface area contributed by atoms with Gasteiger partial charge >= 0.3 is 0 Å². The molecular weight excluding hydrogens is 279 g/mol. The molecule has 1 aliphatic rings. The summed E-state index contributed by atoms with van der Waals surface area (Å²) in [6, 6.07) is 6.23. The van der Waals surface area contributed by atoms with E-state index < -0.39 is 0 Å². The van der Waals surface area contributed by atoms with Crippen LogP contribution in [0.5, 0.6) is 0 Å². The molecule has 0 bridgehead atoms. The van der Waals surface area contributed by atoms with Gasteiger partial charge in [-0.3, -0.25) is 4.99 Å². The lowest BCUT2D eigenvalue weighted by atomic mass is 9.89. The number of amidine groups is 1. The van der Waals surface area contributed by atoms with E-state index in [-0.39, 0.29) is 5.82 Å². The van der Waals surface area contributed by atoms with E-state index in [9.17, 15) is 4.39 Å². The molecular formula is C17H25FN4. The van der Waals surface area contributed by atoms with E-state index >= 15 is 0 Å².